The number of anilines is 1. The Morgan fingerprint density at radius 3 is 2.22 bits per heavy atom. The Balaban J connectivity index is 0.00000363. The van der Waals surface area contributed by atoms with Gasteiger partial charge in [-0.2, -0.15) is 0 Å². The zero-order valence-corrected chi connectivity index (χ0v) is 21.0. The van der Waals surface area contributed by atoms with Gasteiger partial charge >= 0.3 is 0 Å². The highest BCUT2D eigenvalue weighted by Gasteiger charge is 2.26. The molecule has 0 aliphatic carbocycles. The van der Waals surface area contributed by atoms with Crippen molar-refractivity contribution < 1.29 is 21.6 Å². The Hall–Kier alpha value is -2.05. The summed E-state index contributed by atoms with van der Waals surface area (Å²) in [5, 5.41) is 0.329. The molecule has 0 bridgehead atoms. The first-order chi connectivity index (χ1) is 14.5. The van der Waals surface area contributed by atoms with E-state index in [0.29, 0.717) is 21.9 Å². The van der Waals surface area contributed by atoms with Crippen LogP contribution in [0.4, 0.5) is 5.13 Å². The summed E-state index contributed by atoms with van der Waals surface area (Å²) in [5.41, 5.74) is 0.543. The lowest BCUT2D eigenvalue weighted by Crippen LogP contribution is -2.40. The minimum atomic E-state index is -3.81. The molecule has 3 aromatic rings. The Morgan fingerprint density at radius 2 is 1.62 bits per heavy atom. The van der Waals surface area contributed by atoms with Crippen LogP contribution < -0.4 is 4.90 Å². The maximum absolute atomic E-state index is 13.0. The third-order valence-electron chi connectivity index (χ3n) is 4.50. The number of rotatable bonds is 8. The number of carbonyl (C=O) groups excluding carboxylic acids is 1. The zero-order chi connectivity index (χ0) is 22.8. The van der Waals surface area contributed by atoms with E-state index >= 15 is 0 Å². The van der Waals surface area contributed by atoms with Crippen molar-refractivity contribution in [2.24, 2.45) is 0 Å². The molecular formula is C20H24ClN3O5S3. The van der Waals surface area contributed by atoms with Crippen molar-refractivity contribution in [3.8, 4) is 0 Å². The molecule has 32 heavy (non-hydrogen) atoms. The van der Waals surface area contributed by atoms with Gasteiger partial charge in [-0.15, -0.1) is 12.4 Å². The molecule has 0 saturated carbocycles. The van der Waals surface area contributed by atoms with Gasteiger partial charge in [0.15, 0.2) is 24.8 Å². The first kappa shape index (κ1) is 26.2. The van der Waals surface area contributed by atoms with E-state index in [0.717, 1.165) is 17.6 Å². The lowest BCUT2D eigenvalue weighted by molar-refractivity contribution is -0.116. The molecule has 1 amide bonds. The number of fused-ring (bicyclic) bond motifs is 1. The minimum absolute atomic E-state index is 0. The molecule has 8 nitrogen and oxygen atoms in total. The summed E-state index contributed by atoms with van der Waals surface area (Å²) in [6, 6.07) is 12.4. The number of likely N-dealkylation sites (N-methyl/N-ethyl adjacent to an activating group) is 1. The van der Waals surface area contributed by atoms with Crippen molar-refractivity contribution in [2.75, 3.05) is 44.1 Å². The lowest BCUT2D eigenvalue weighted by Gasteiger charge is -2.22. The van der Waals surface area contributed by atoms with Gasteiger partial charge in [0.1, 0.15) is 5.75 Å². The first-order valence-electron chi connectivity index (χ1n) is 9.31. The fourth-order valence-corrected chi connectivity index (χ4v) is 5.81. The number of amides is 1. The third-order valence-corrected chi connectivity index (χ3v) is 8.26. The van der Waals surface area contributed by atoms with Crippen LogP contribution in [-0.2, 0) is 24.5 Å². The van der Waals surface area contributed by atoms with E-state index in [-0.39, 0.29) is 28.7 Å². The second-order valence-electron chi connectivity index (χ2n) is 7.32. The number of hydrogen-bond donors (Lipinski definition) is 0. The van der Waals surface area contributed by atoms with Crippen molar-refractivity contribution in [1.29, 1.82) is 0 Å². The monoisotopic (exact) mass is 517 g/mol. The van der Waals surface area contributed by atoms with Gasteiger partial charge in [0, 0.05) is 19.3 Å². The van der Waals surface area contributed by atoms with Gasteiger partial charge in [0.05, 0.1) is 20.0 Å². The smallest absolute Gasteiger partial charge is 0.244 e. The fourth-order valence-electron chi connectivity index (χ4n) is 2.82. The molecule has 0 aliphatic heterocycles. The van der Waals surface area contributed by atoms with Crippen LogP contribution in [0.1, 0.15) is 0 Å². The molecule has 0 spiro atoms. The molecule has 0 radical (unpaired) electrons. The lowest BCUT2D eigenvalue weighted by atomic mass is 10.3. The highest BCUT2D eigenvalue weighted by atomic mass is 35.5. The number of benzene rings is 2. The highest BCUT2D eigenvalue weighted by Crippen LogP contribution is 2.31. The van der Waals surface area contributed by atoms with Gasteiger partial charge in [-0.3, -0.25) is 9.69 Å². The molecule has 174 valence electrons. The van der Waals surface area contributed by atoms with Crippen molar-refractivity contribution in [3.63, 3.8) is 0 Å². The van der Waals surface area contributed by atoms with Crippen LogP contribution >= 0.6 is 23.7 Å². The molecule has 0 atom stereocenters. The molecule has 1 aromatic heterocycles. The number of aromatic nitrogens is 1. The summed E-state index contributed by atoms with van der Waals surface area (Å²) in [5.74, 6) is -1.28. The molecule has 12 heteroatoms. The van der Waals surface area contributed by atoms with Crippen LogP contribution in [-0.4, -0.2) is 71.8 Å². The van der Waals surface area contributed by atoms with Crippen molar-refractivity contribution >= 4 is 64.7 Å². The van der Waals surface area contributed by atoms with Crippen LogP contribution in [0.2, 0.25) is 0 Å². The molecule has 0 saturated heterocycles. The maximum Gasteiger partial charge on any atom is 0.244 e. The van der Waals surface area contributed by atoms with Gasteiger partial charge in [0.2, 0.25) is 5.91 Å². The van der Waals surface area contributed by atoms with E-state index in [4.69, 9.17) is 0 Å². The molecule has 0 aliphatic rings. The molecule has 0 N–H and O–H groups in total. The quantitative estimate of drug-likeness (QED) is 0.452. The average Bonchev–Trinajstić information content (AvgIpc) is 3.10. The number of sulfone groups is 2. The Kier molecular flexibility index (Phi) is 8.40. The molecule has 1 heterocycles. The summed E-state index contributed by atoms with van der Waals surface area (Å²) >= 11 is 1.15. The Morgan fingerprint density at radius 1 is 0.969 bits per heavy atom. The number of halogens is 1. The van der Waals surface area contributed by atoms with Crippen LogP contribution in [0.5, 0.6) is 0 Å². The van der Waals surface area contributed by atoms with Crippen LogP contribution in [0, 0.1) is 0 Å². The highest BCUT2D eigenvalue weighted by molar-refractivity contribution is 7.92. The van der Waals surface area contributed by atoms with Crippen molar-refractivity contribution in [2.45, 2.75) is 9.79 Å². The van der Waals surface area contributed by atoms with Crippen LogP contribution in [0.25, 0.3) is 10.2 Å². The molecular weight excluding hydrogens is 494 g/mol. The third kappa shape index (κ3) is 6.26. The summed E-state index contributed by atoms with van der Waals surface area (Å²) in [6.45, 7) is 0.747. The van der Waals surface area contributed by atoms with Crippen LogP contribution in [0.15, 0.2) is 58.3 Å². The van der Waals surface area contributed by atoms with Crippen molar-refractivity contribution in [3.05, 3.63) is 48.5 Å². The van der Waals surface area contributed by atoms with E-state index in [1.54, 1.807) is 24.3 Å². The van der Waals surface area contributed by atoms with Crippen LogP contribution in [0.3, 0.4) is 0 Å². The molecule has 0 unspecified atom stereocenters. The largest absolute Gasteiger partial charge is 0.308 e. The normalized spacial score (nSPS) is 12.0. The predicted molar refractivity (Wildman–Crippen MR) is 129 cm³/mol. The number of carbonyl (C=O) groups is 1. The Labute approximate surface area is 198 Å². The Bertz CT molecular complexity index is 1310. The standard InChI is InChI=1S/C20H23N3O5S3.ClH/c1-22(2)11-12-23(19(24)14-31(27,28)15-7-5-4-6-8-15)20-21-17-10-9-16(30(3,25)26)13-18(17)29-20;/h4-10,13H,11-12,14H2,1-3H3;1H. The second kappa shape index (κ2) is 10.3. The number of hydrogen-bond acceptors (Lipinski definition) is 8. The van der Waals surface area contributed by atoms with E-state index in [1.807, 2.05) is 19.0 Å². The molecule has 0 fully saturated rings. The first-order valence-corrected chi connectivity index (χ1v) is 13.7. The van der Waals surface area contributed by atoms with Gasteiger partial charge in [-0.1, -0.05) is 29.5 Å². The fraction of sp³-hybridized carbons (Fsp3) is 0.300. The second-order valence-corrected chi connectivity index (χ2v) is 12.3. The average molecular weight is 518 g/mol. The SMILES string of the molecule is CN(C)CCN(C(=O)CS(=O)(=O)c1ccccc1)c1nc2ccc(S(C)(=O)=O)cc2s1.Cl. The van der Waals surface area contributed by atoms with E-state index in [1.165, 1.54) is 29.2 Å². The van der Waals surface area contributed by atoms with E-state index < -0.39 is 31.3 Å². The summed E-state index contributed by atoms with van der Waals surface area (Å²) in [4.78, 5) is 21.0. The van der Waals surface area contributed by atoms with Gasteiger partial charge in [0.25, 0.3) is 0 Å². The summed E-state index contributed by atoms with van der Waals surface area (Å²) < 4.78 is 49.7. The molecule has 2 aromatic carbocycles. The summed E-state index contributed by atoms with van der Waals surface area (Å²) in [7, 11) is -3.51. The van der Waals surface area contributed by atoms with Gasteiger partial charge in [-0.05, 0) is 44.4 Å². The number of nitrogens with zero attached hydrogens (tertiary/aromatic N) is 3. The zero-order valence-electron chi connectivity index (χ0n) is 17.8. The van der Waals surface area contributed by atoms with Crippen molar-refractivity contribution in [1.82, 2.24) is 9.88 Å². The minimum Gasteiger partial charge on any atom is -0.308 e. The predicted octanol–water partition coefficient (Wildman–Crippen LogP) is 2.49. The van der Waals surface area contributed by atoms with E-state index in [2.05, 4.69) is 4.98 Å². The van der Waals surface area contributed by atoms with Gasteiger partial charge in [-0.25, -0.2) is 21.8 Å². The summed E-state index contributed by atoms with van der Waals surface area (Å²) in [6.07, 6.45) is 1.12. The number of thiazole rings is 1. The van der Waals surface area contributed by atoms with Gasteiger partial charge < -0.3 is 4.90 Å². The maximum atomic E-state index is 13.0. The van der Waals surface area contributed by atoms with E-state index in [9.17, 15) is 21.6 Å². The molecule has 3 rings (SSSR count). The topological polar surface area (TPSA) is 105 Å².